The summed E-state index contributed by atoms with van der Waals surface area (Å²) in [7, 11) is 0. The quantitative estimate of drug-likeness (QED) is 0.660. The number of thiophene rings is 1. The van der Waals surface area contributed by atoms with E-state index in [0.717, 1.165) is 26.7 Å². The number of nitrogens with zero attached hydrogens (tertiary/aromatic N) is 3. The lowest BCUT2D eigenvalue weighted by atomic mass is 10.1. The molecule has 0 bridgehead atoms. The minimum atomic E-state index is 0.0795. The largest absolute Gasteiger partial charge is 0.391 e. The van der Waals surface area contributed by atoms with Gasteiger partial charge in [-0.2, -0.15) is 5.10 Å². The lowest BCUT2D eigenvalue weighted by molar-refractivity contribution is 0.110. The summed E-state index contributed by atoms with van der Waals surface area (Å²) in [6, 6.07) is 12.7. The first-order chi connectivity index (χ1) is 13.5. The van der Waals surface area contributed by atoms with E-state index in [1.54, 1.807) is 23.1 Å². The van der Waals surface area contributed by atoms with Crippen LogP contribution in [0.15, 0.2) is 51.5 Å². The fourth-order valence-electron chi connectivity index (χ4n) is 3.05. The van der Waals surface area contributed by atoms with Gasteiger partial charge < -0.3 is 10.2 Å². The van der Waals surface area contributed by atoms with Crippen molar-refractivity contribution >= 4 is 28.9 Å². The van der Waals surface area contributed by atoms with E-state index in [1.165, 1.54) is 15.3 Å². The SMILES string of the molecule is Cc1cccc(Sc2nnc(C)c(C)c2C2=NOCC(c3ccc(C)s3)N2)c1. The molecule has 2 aromatic heterocycles. The molecule has 1 aliphatic rings. The first kappa shape index (κ1) is 19.0. The van der Waals surface area contributed by atoms with Gasteiger partial charge in [-0.15, -0.1) is 16.4 Å². The zero-order valence-corrected chi connectivity index (χ0v) is 17.9. The summed E-state index contributed by atoms with van der Waals surface area (Å²) in [5.41, 5.74) is 4.12. The predicted molar refractivity (Wildman–Crippen MR) is 114 cm³/mol. The Morgan fingerprint density at radius 1 is 1.11 bits per heavy atom. The molecule has 1 aromatic carbocycles. The Kier molecular flexibility index (Phi) is 5.37. The van der Waals surface area contributed by atoms with Crippen LogP contribution < -0.4 is 5.32 Å². The van der Waals surface area contributed by atoms with Crippen molar-refractivity contribution in [1.29, 1.82) is 0 Å². The van der Waals surface area contributed by atoms with Gasteiger partial charge in [0.25, 0.3) is 0 Å². The topological polar surface area (TPSA) is 59.4 Å². The van der Waals surface area contributed by atoms with Gasteiger partial charge in [-0.1, -0.05) is 34.6 Å². The highest BCUT2D eigenvalue weighted by atomic mass is 32.2. The van der Waals surface area contributed by atoms with E-state index in [9.17, 15) is 0 Å². The maximum atomic E-state index is 5.61. The van der Waals surface area contributed by atoms with Crippen LogP contribution >= 0.6 is 23.1 Å². The van der Waals surface area contributed by atoms with Crippen LogP contribution in [-0.2, 0) is 4.84 Å². The molecule has 3 heterocycles. The number of rotatable bonds is 4. The van der Waals surface area contributed by atoms with Crippen LogP contribution in [0, 0.1) is 27.7 Å². The fraction of sp³-hybridized carbons (Fsp3) is 0.286. The molecule has 3 aromatic rings. The average Bonchev–Trinajstić information content (AvgIpc) is 3.12. The molecule has 1 atom stereocenters. The Labute approximate surface area is 173 Å². The normalized spacial score (nSPS) is 16.3. The maximum absolute atomic E-state index is 5.61. The smallest absolute Gasteiger partial charge is 0.176 e. The summed E-state index contributed by atoms with van der Waals surface area (Å²) >= 11 is 3.38. The summed E-state index contributed by atoms with van der Waals surface area (Å²) in [4.78, 5) is 9.26. The number of amidine groups is 1. The van der Waals surface area contributed by atoms with Crippen molar-refractivity contribution in [2.45, 2.75) is 43.7 Å². The van der Waals surface area contributed by atoms with E-state index in [2.05, 4.69) is 77.8 Å². The second kappa shape index (κ2) is 7.93. The van der Waals surface area contributed by atoms with Gasteiger partial charge in [0.2, 0.25) is 0 Å². The Bertz CT molecular complexity index is 1040. The monoisotopic (exact) mass is 410 g/mol. The second-order valence-electron chi connectivity index (χ2n) is 6.89. The van der Waals surface area contributed by atoms with Crippen molar-refractivity contribution in [2.24, 2.45) is 5.16 Å². The number of nitrogens with one attached hydrogen (secondary N) is 1. The van der Waals surface area contributed by atoms with Gasteiger partial charge >= 0.3 is 0 Å². The van der Waals surface area contributed by atoms with Gasteiger partial charge in [-0.25, -0.2) is 0 Å². The number of benzene rings is 1. The van der Waals surface area contributed by atoms with Gasteiger partial charge in [-0.05, 0) is 57.5 Å². The van der Waals surface area contributed by atoms with Crippen LogP contribution in [0.3, 0.4) is 0 Å². The fourth-order valence-corrected chi connectivity index (χ4v) is 5.01. The van der Waals surface area contributed by atoms with Crippen molar-refractivity contribution in [3.05, 3.63) is 68.5 Å². The van der Waals surface area contributed by atoms with E-state index in [0.29, 0.717) is 12.4 Å². The minimum absolute atomic E-state index is 0.0795. The molecule has 1 N–H and O–H groups in total. The van der Waals surface area contributed by atoms with Gasteiger partial charge in [0, 0.05) is 14.6 Å². The summed E-state index contributed by atoms with van der Waals surface area (Å²) in [5.74, 6) is 0.716. The van der Waals surface area contributed by atoms with Crippen molar-refractivity contribution < 1.29 is 4.84 Å². The van der Waals surface area contributed by atoms with Crippen LogP contribution in [0.1, 0.15) is 38.2 Å². The highest BCUT2D eigenvalue weighted by Crippen LogP contribution is 2.33. The van der Waals surface area contributed by atoms with Gasteiger partial charge in [-0.3, -0.25) is 0 Å². The Morgan fingerprint density at radius 2 is 1.96 bits per heavy atom. The number of hydrogen-bond acceptors (Lipinski definition) is 7. The minimum Gasteiger partial charge on any atom is -0.391 e. The molecule has 0 fully saturated rings. The molecule has 28 heavy (non-hydrogen) atoms. The highest BCUT2D eigenvalue weighted by Gasteiger charge is 2.26. The Morgan fingerprint density at radius 3 is 2.71 bits per heavy atom. The molecule has 0 saturated heterocycles. The molecule has 0 amide bonds. The molecule has 0 aliphatic carbocycles. The van der Waals surface area contributed by atoms with Gasteiger partial charge in [0.15, 0.2) is 5.84 Å². The molecule has 0 radical (unpaired) electrons. The Balaban J connectivity index is 1.70. The summed E-state index contributed by atoms with van der Waals surface area (Å²) < 4.78 is 0. The number of oxime groups is 1. The van der Waals surface area contributed by atoms with E-state index < -0.39 is 0 Å². The van der Waals surface area contributed by atoms with E-state index in [4.69, 9.17) is 4.84 Å². The molecule has 1 aliphatic heterocycles. The molecule has 4 rings (SSSR count). The van der Waals surface area contributed by atoms with Crippen LogP contribution in [0.4, 0.5) is 0 Å². The Hall–Kier alpha value is -2.38. The molecule has 144 valence electrons. The van der Waals surface area contributed by atoms with E-state index in [1.807, 2.05) is 6.92 Å². The number of hydrogen-bond donors (Lipinski definition) is 1. The zero-order chi connectivity index (χ0) is 19.7. The third-order valence-corrected chi connectivity index (χ3v) is 6.76. The maximum Gasteiger partial charge on any atom is 0.176 e. The first-order valence-electron chi connectivity index (χ1n) is 9.13. The molecule has 1 unspecified atom stereocenters. The van der Waals surface area contributed by atoms with Gasteiger partial charge in [0.05, 0.1) is 17.3 Å². The van der Waals surface area contributed by atoms with Crippen molar-refractivity contribution in [3.63, 3.8) is 0 Å². The lowest BCUT2D eigenvalue weighted by Gasteiger charge is -2.25. The van der Waals surface area contributed by atoms with Crippen LogP contribution in [0.25, 0.3) is 0 Å². The first-order valence-corrected chi connectivity index (χ1v) is 10.8. The number of aromatic nitrogens is 2. The third kappa shape index (κ3) is 3.91. The highest BCUT2D eigenvalue weighted by molar-refractivity contribution is 7.99. The van der Waals surface area contributed by atoms with Crippen LogP contribution in [0.2, 0.25) is 0 Å². The van der Waals surface area contributed by atoms with Crippen LogP contribution in [0.5, 0.6) is 0 Å². The molecule has 5 nitrogen and oxygen atoms in total. The van der Waals surface area contributed by atoms with Crippen molar-refractivity contribution in [1.82, 2.24) is 15.5 Å². The van der Waals surface area contributed by atoms with E-state index in [-0.39, 0.29) is 6.04 Å². The summed E-state index contributed by atoms with van der Waals surface area (Å²) in [5, 5.41) is 17.5. The van der Waals surface area contributed by atoms with E-state index >= 15 is 0 Å². The van der Waals surface area contributed by atoms with Crippen molar-refractivity contribution in [3.8, 4) is 0 Å². The molecular weight excluding hydrogens is 388 g/mol. The number of aryl methyl sites for hydroxylation is 3. The summed E-state index contributed by atoms with van der Waals surface area (Å²) in [6.45, 7) is 8.75. The molecule has 0 saturated carbocycles. The predicted octanol–water partition coefficient (Wildman–Crippen LogP) is 4.95. The lowest BCUT2D eigenvalue weighted by Crippen LogP contribution is -2.36. The third-order valence-electron chi connectivity index (χ3n) is 4.68. The standard InChI is InChI=1S/C21H22N4OS2/c1-12-6-5-7-16(10-12)28-21-19(14(3)15(4)23-24-21)20-22-17(11-26-25-20)18-9-8-13(2)27-18/h5-10,17H,11H2,1-4H3,(H,22,25). The van der Waals surface area contributed by atoms with Crippen molar-refractivity contribution in [2.75, 3.05) is 6.61 Å². The average molecular weight is 411 g/mol. The van der Waals surface area contributed by atoms with Gasteiger partial charge in [0.1, 0.15) is 11.6 Å². The summed E-state index contributed by atoms with van der Waals surface area (Å²) in [6.07, 6.45) is 0. The molecule has 7 heteroatoms. The molecule has 0 spiro atoms. The van der Waals surface area contributed by atoms with Crippen LogP contribution in [-0.4, -0.2) is 22.6 Å². The molecular formula is C21H22N4OS2. The second-order valence-corrected chi connectivity index (χ2v) is 9.27. The zero-order valence-electron chi connectivity index (χ0n) is 16.3.